The van der Waals surface area contributed by atoms with Gasteiger partial charge in [-0.1, -0.05) is 36.6 Å². The fraction of sp³-hybridized carbons (Fsp3) is 0.621. The van der Waals surface area contributed by atoms with Gasteiger partial charge in [-0.25, -0.2) is 0 Å². The van der Waals surface area contributed by atoms with Crippen molar-refractivity contribution < 1.29 is 9.53 Å². The molecule has 2 aromatic rings. The zero-order chi connectivity index (χ0) is 26.0. The van der Waals surface area contributed by atoms with E-state index in [1.54, 1.807) is 0 Å². The summed E-state index contributed by atoms with van der Waals surface area (Å²) in [4.78, 5) is 23.0. The Kier molecular flexibility index (Phi) is 7.73. The number of anilines is 2. The van der Waals surface area contributed by atoms with Crippen LogP contribution in [0.25, 0.3) is 0 Å². The molecule has 3 saturated heterocycles. The normalized spacial score (nSPS) is 24.2. The molecule has 1 aromatic heterocycles. The van der Waals surface area contributed by atoms with Crippen molar-refractivity contribution in [3.8, 4) is 0 Å². The quantitative estimate of drug-likeness (QED) is 0.557. The van der Waals surface area contributed by atoms with E-state index in [1.165, 1.54) is 12.8 Å². The fourth-order valence-electron chi connectivity index (χ4n) is 6.71. The van der Waals surface area contributed by atoms with E-state index >= 15 is 0 Å². The number of hydrogen-bond donors (Lipinski definition) is 0. The van der Waals surface area contributed by atoms with Crippen molar-refractivity contribution in [2.75, 3.05) is 75.3 Å². The maximum atomic E-state index is 13.8. The van der Waals surface area contributed by atoms with Gasteiger partial charge in [-0.3, -0.25) is 9.69 Å². The van der Waals surface area contributed by atoms with Gasteiger partial charge in [0.15, 0.2) is 11.6 Å². The lowest BCUT2D eigenvalue weighted by molar-refractivity contribution is -0.137. The minimum Gasteiger partial charge on any atom is -0.377 e. The standard InChI is InChI=1S/C29H39ClN6O2/c30-24-7-5-23(6-8-24)29(11-1-2-12-29)28(37)36-19-17-35(18-20-36)27-10-9-26(31-32-27)34-15-13-33(14-16-34)22-25-4-3-21-38-25/h5-10,25H,1-4,11-22H2. The third kappa shape index (κ3) is 5.36. The van der Waals surface area contributed by atoms with Gasteiger partial charge in [0.25, 0.3) is 0 Å². The first kappa shape index (κ1) is 25.8. The summed E-state index contributed by atoms with van der Waals surface area (Å²) in [5.74, 6) is 2.12. The number of benzene rings is 1. The molecule has 4 aliphatic rings. The van der Waals surface area contributed by atoms with Crippen LogP contribution in [0, 0.1) is 0 Å². The average molecular weight is 539 g/mol. The van der Waals surface area contributed by atoms with Gasteiger partial charge < -0.3 is 19.4 Å². The van der Waals surface area contributed by atoms with Crippen molar-refractivity contribution in [3.63, 3.8) is 0 Å². The molecule has 1 unspecified atom stereocenters. The van der Waals surface area contributed by atoms with Gasteiger partial charge in [-0.2, -0.15) is 0 Å². The van der Waals surface area contributed by atoms with Crippen molar-refractivity contribution in [1.82, 2.24) is 20.0 Å². The topological polar surface area (TPSA) is 65.0 Å². The van der Waals surface area contributed by atoms with Gasteiger partial charge in [-0.05, 0) is 55.5 Å². The van der Waals surface area contributed by atoms with Gasteiger partial charge in [-0.15, -0.1) is 10.2 Å². The number of amides is 1. The van der Waals surface area contributed by atoms with Gasteiger partial charge in [0.2, 0.25) is 5.91 Å². The second-order valence-electron chi connectivity index (χ2n) is 11.2. The minimum absolute atomic E-state index is 0.275. The third-order valence-corrected chi connectivity index (χ3v) is 9.22. The predicted octanol–water partition coefficient (Wildman–Crippen LogP) is 3.59. The van der Waals surface area contributed by atoms with Crippen LogP contribution in [0.4, 0.5) is 11.6 Å². The maximum absolute atomic E-state index is 13.8. The Balaban J connectivity index is 1.02. The number of halogens is 1. The second kappa shape index (κ2) is 11.4. The maximum Gasteiger partial charge on any atom is 0.233 e. The molecule has 1 saturated carbocycles. The molecule has 1 aliphatic carbocycles. The number of carbonyl (C=O) groups is 1. The molecule has 4 fully saturated rings. The van der Waals surface area contributed by atoms with Crippen LogP contribution in [-0.2, 0) is 14.9 Å². The highest BCUT2D eigenvalue weighted by molar-refractivity contribution is 6.30. The number of hydrogen-bond acceptors (Lipinski definition) is 7. The molecule has 1 aromatic carbocycles. The Morgan fingerprint density at radius 3 is 2.00 bits per heavy atom. The molecule has 9 heteroatoms. The summed E-state index contributed by atoms with van der Waals surface area (Å²) in [6.45, 7) is 8.96. The third-order valence-electron chi connectivity index (χ3n) is 8.97. The van der Waals surface area contributed by atoms with Crippen LogP contribution in [0.2, 0.25) is 5.02 Å². The van der Waals surface area contributed by atoms with E-state index in [4.69, 9.17) is 16.3 Å². The van der Waals surface area contributed by atoms with Gasteiger partial charge in [0.05, 0.1) is 11.5 Å². The molecule has 4 heterocycles. The first-order valence-electron chi connectivity index (χ1n) is 14.3. The molecule has 0 N–H and O–H groups in total. The van der Waals surface area contributed by atoms with Crippen molar-refractivity contribution in [2.45, 2.75) is 50.0 Å². The Hall–Kier alpha value is -2.42. The summed E-state index contributed by atoms with van der Waals surface area (Å²) in [7, 11) is 0. The molecule has 0 spiro atoms. The number of ether oxygens (including phenoxy) is 1. The van der Waals surface area contributed by atoms with E-state index in [1.807, 2.05) is 24.3 Å². The van der Waals surface area contributed by atoms with Crippen molar-refractivity contribution >= 4 is 29.1 Å². The number of nitrogens with zero attached hydrogens (tertiary/aromatic N) is 6. The summed E-state index contributed by atoms with van der Waals surface area (Å²) in [5.41, 5.74) is 0.712. The van der Waals surface area contributed by atoms with Crippen molar-refractivity contribution in [2.24, 2.45) is 0 Å². The summed E-state index contributed by atoms with van der Waals surface area (Å²) < 4.78 is 5.80. The number of piperazine rings is 2. The largest absolute Gasteiger partial charge is 0.377 e. The van der Waals surface area contributed by atoms with E-state index in [0.717, 1.165) is 95.3 Å². The van der Waals surface area contributed by atoms with Crippen LogP contribution in [0.15, 0.2) is 36.4 Å². The molecule has 3 aliphatic heterocycles. The predicted molar refractivity (Wildman–Crippen MR) is 150 cm³/mol. The number of rotatable bonds is 6. The molecule has 0 bridgehead atoms. The van der Waals surface area contributed by atoms with E-state index in [0.29, 0.717) is 24.2 Å². The molecule has 1 amide bonds. The highest BCUT2D eigenvalue weighted by Gasteiger charge is 2.45. The minimum atomic E-state index is -0.400. The molecule has 1 atom stereocenters. The lowest BCUT2D eigenvalue weighted by Crippen LogP contribution is -2.54. The Bertz CT molecular complexity index is 1070. The van der Waals surface area contributed by atoms with Crippen molar-refractivity contribution in [3.05, 3.63) is 47.0 Å². The Labute approximate surface area is 230 Å². The first-order chi connectivity index (χ1) is 18.6. The molecule has 6 rings (SSSR count). The summed E-state index contributed by atoms with van der Waals surface area (Å²) in [6.07, 6.45) is 6.84. The molecular weight excluding hydrogens is 500 g/mol. The van der Waals surface area contributed by atoms with Crippen LogP contribution in [0.1, 0.15) is 44.1 Å². The van der Waals surface area contributed by atoms with E-state index in [-0.39, 0.29) is 5.91 Å². The molecule has 38 heavy (non-hydrogen) atoms. The summed E-state index contributed by atoms with van der Waals surface area (Å²) in [5, 5.41) is 9.88. The smallest absolute Gasteiger partial charge is 0.233 e. The number of aromatic nitrogens is 2. The molecular formula is C29H39ClN6O2. The van der Waals surface area contributed by atoms with Crippen LogP contribution in [-0.4, -0.2) is 97.5 Å². The SMILES string of the molecule is O=C(N1CCN(c2ccc(N3CCN(CC4CCCO4)CC3)nn2)CC1)C1(c2ccc(Cl)cc2)CCCC1. The van der Waals surface area contributed by atoms with Gasteiger partial charge >= 0.3 is 0 Å². The molecule has 8 nitrogen and oxygen atoms in total. The second-order valence-corrected chi connectivity index (χ2v) is 11.7. The lowest BCUT2D eigenvalue weighted by Gasteiger charge is -2.40. The Morgan fingerprint density at radius 1 is 0.842 bits per heavy atom. The highest BCUT2D eigenvalue weighted by Crippen LogP contribution is 2.43. The van der Waals surface area contributed by atoms with Gasteiger partial charge in [0.1, 0.15) is 0 Å². The van der Waals surface area contributed by atoms with Crippen LogP contribution < -0.4 is 9.80 Å². The summed E-state index contributed by atoms with van der Waals surface area (Å²) in [6, 6.07) is 12.1. The van der Waals surface area contributed by atoms with Crippen LogP contribution in [0.3, 0.4) is 0 Å². The zero-order valence-corrected chi connectivity index (χ0v) is 23.0. The lowest BCUT2D eigenvalue weighted by atomic mass is 9.77. The average Bonchev–Trinajstić information content (AvgIpc) is 3.67. The van der Waals surface area contributed by atoms with Crippen LogP contribution in [0.5, 0.6) is 0 Å². The van der Waals surface area contributed by atoms with E-state index < -0.39 is 5.41 Å². The molecule has 204 valence electrons. The van der Waals surface area contributed by atoms with E-state index in [9.17, 15) is 4.79 Å². The highest BCUT2D eigenvalue weighted by atomic mass is 35.5. The number of carbonyl (C=O) groups excluding carboxylic acids is 1. The fourth-order valence-corrected chi connectivity index (χ4v) is 6.83. The Morgan fingerprint density at radius 2 is 1.45 bits per heavy atom. The first-order valence-corrected chi connectivity index (χ1v) is 14.7. The van der Waals surface area contributed by atoms with Crippen LogP contribution >= 0.6 is 11.6 Å². The monoisotopic (exact) mass is 538 g/mol. The summed E-state index contributed by atoms with van der Waals surface area (Å²) >= 11 is 6.13. The molecule has 0 radical (unpaired) electrons. The van der Waals surface area contributed by atoms with Crippen molar-refractivity contribution in [1.29, 1.82) is 0 Å². The van der Waals surface area contributed by atoms with E-state index in [2.05, 4.69) is 41.9 Å². The zero-order valence-electron chi connectivity index (χ0n) is 22.2. The van der Waals surface area contributed by atoms with Gasteiger partial charge in [0, 0.05) is 70.5 Å².